The Morgan fingerprint density at radius 2 is 2.11 bits per heavy atom. The number of rotatable bonds is 5. The summed E-state index contributed by atoms with van der Waals surface area (Å²) < 4.78 is 6.99. The second-order valence-corrected chi connectivity index (χ2v) is 7.71. The van der Waals surface area contributed by atoms with Gasteiger partial charge in [0.25, 0.3) is 0 Å². The summed E-state index contributed by atoms with van der Waals surface area (Å²) in [6.07, 6.45) is 2.50. The molecule has 2 heterocycles. The van der Waals surface area contributed by atoms with Gasteiger partial charge in [-0.2, -0.15) is 0 Å². The van der Waals surface area contributed by atoms with Crippen molar-refractivity contribution in [1.29, 1.82) is 0 Å². The minimum Gasteiger partial charge on any atom is -0.459 e. The molecule has 0 spiro atoms. The Morgan fingerprint density at radius 1 is 1.33 bits per heavy atom. The van der Waals surface area contributed by atoms with Crippen molar-refractivity contribution >= 4 is 27.8 Å². The summed E-state index contributed by atoms with van der Waals surface area (Å²) in [6, 6.07) is 12.0. The molecule has 6 nitrogen and oxygen atoms in total. The molecular weight excluding hydrogens is 408 g/mol. The van der Waals surface area contributed by atoms with Crippen LogP contribution in [0.15, 0.2) is 50.3 Å². The van der Waals surface area contributed by atoms with Gasteiger partial charge in [-0.1, -0.05) is 28.1 Å². The van der Waals surface area contributed by atoms with Gasteiger partial charge in [0.15, 0.2) is 5.96 Å². The first kappa shape index (κ1) is 19.5. The van der Waals surface area contributed by atoms with Gasteiger partial charge in [0.1, 0.15) is 11.5 Å². The normalized spacial score (nSPS) is 17.8. The summed E-state index contributed by atoms with van der Waals surface area (Å²) in [6.45, 7) is 2.28. The van der Waals surface area contributed by atoms with E-state index in [0.717, 1.165) is 53.4 Å². The summed E-state index contributed by atoms with van der Waals surface area (Å²) >= 11 is 3.44. The Kier molecular flexibility index (Phi) is 6.55. The molecule has 3 rings (SSSR count). The average Bonchev–Trinajstić information content (AvgIpc) is 3.11. The van der Waals surface area contributed by atoms with Crippen molar-refractivity contribution in [2.75, 3.05) is 20.1 Å². The molecule has 2 aromatic rings. The number of nitrogens with two attached hydrogens (primary N) is 1. The van der Waals surface area contributed by atoms with Crippen LogP contribution in [0, 0.1) is 5.92 Å². The van der Waals surface area contributed by atoms with E-state index < -0.39 is 0 Å². The molecule has 0 aliphatic carbocycles. The van der Waals surface area contributed by atoms with Crippen LogP contribution in [0.5, 0.6) is 0 Å². The molecule has 144 valence electrons. The van der Waals surface area contributed by atoms with Crippen LogP contribution in [0.4, 0.5) is 0 Å². The smallest absolute Gasteiger partial charge is 0.217 e. The lowest BCUT2D eigenvalue weighted by Gasteiger charge is -2.34. The Balaban J connectivity index is 1.58. The summed E-state index contributed by atoms with van der Waals surface area (Å²) in [7, 11) is 1.77. The number of piperidine rings is 1. The SMILES string of the molecule is CN=C(NCc1ccc(-c2ccc(Br)cc2)o1)N1CCCC(CC(N)=O)C1. The number of guanidine groups is 1. The molecule has 1 atom stereocenters. The van der Waals surface area contributed by atoms with Gasteiger partial charge in [-0.15, -0.1) is 0 Å². The van der Waals surface area contributed by atoms with Gasteiger partial charge in [0.05, 0.1) is 6.54 Å². The van der Waals surface area contributed by atoms with E-state index in [9.17, 15) is 4.79 Å². The Hall–Kier alpha value is -2.28. The maximum Gasteiger partial charge on any atom is 0.217 e. The minimum absolute atomic E-state index is 0.235. The van der Waals surface area contributed by atoms with Gasteiger partial charge in [0.2, 0.25) is 5.91 Å². The number of furan rings is 1. The molecule has 3 N–H and O–H groups in total. The zero-order valence-electron chi connectivity index (χ0n) is 15.5. The molecule has 1 unspecified atom stereocenters. The largest absolute Gasteiger partial charge is 0.459 e. The highest BCUT2D eigenvalue weighted by Crippen LogP contribution is 2.24. The summed E-state index contributed by atoms with van der Waals surface area (Å²) in [5.74, 6) is 2.57. The van der Waals surface area contributed by atoms with E-state index in [1.165, 1.54) is 0 Å². The van der Waals surface area contributed by atoms with Gasteiger partial charge in [-0.05, 0) is 43.0 Å². The zero-order chi connectivity index (χ0) is 19.2. The number of hydrogen-bond donors (Lipinski definition) is 2. The van der Waals surface area contributed by atoms with Crippen molar-refractivity contribution in [3.8, 4) is 11.3 Å². The number of benzene rings is 1. The highest BCUT2D eigenvalue weighted by atomic mass is 79.9. The van der Waals surface area contributed by atoms with E-state index in [1.54, 1.807) is 7.05 Å². The predicted molar refractivity (Wildman–Crippen MR) is 110 cm³/mol. The first-order chi connectivity index (χ1) is 13.0. The van der Waals surface area contributed by atoms with E-state index in [1.807, 2.05) is 36.4 Å². The van der Waals surface area contributed by atoms with Crippen LogP contribution >= 0.6 is 15.9 Å². The molecule has 7 heteroatoms. The number of carbonyl (C=O) groups excluding carboxylic acids is 1. The lowest BCUT2D eigenvalue weighted by Crippen LogP contribution is -2.46. The second-order valence-electron chi connectivity index (χ2n) is 6.80. The van der Waals surface area contributed by atoms with Crippen LogP contribution in [0.1, 0.15) is 25.0 Å². The van der Waals surface area contributed by atoms with Gasteiger partial charge in [-0.25, -0.2) is 0 Å². The summed E-state index contributed by atoms with van der Waals surface area (Å²) in [5, 5.41) is 3.36. The maximum absolute atomic E-state index is 11.2. The average molecular weight is 433 g/mol. The molecule has 1 aliphatic rings. The molecule has 1 saturated heterocycles. The van der Waals surface area contributed by atoms with E-state index >= 15 is 0 Å². The molecule has 1 fully saturated rings. The number of primary amides is 1. The molecule has 0 bridgehead atoms. The van der Waals surface area contributed by atoms with Gasteiger partial charge in [0, 0.05) is 36.6 Å². The van der Waals surface area contributed by atoms with Crippen molar-refractivity contribution in [3.63, 3.8) is 0 Å². The lowest BCUT2D eigenvalue weighted by molar-refractivity contribution is -0.119. The van der Waals surface area contributed by atoms with Gasteiger partial charge >= 0.3 is 0 Å². The van der Waals surface area contributed by atoms with Gasteiger partial charge < -0.3 is 20.4 Å². The second kappa shape index (κ2) is 9.08. The van der Waals surface area contributed by atoms with E-state index in [2.05, 4.69) is 31.1 Å². The van der Waals surface area contributed by atoms with Crippen LogP contribution in [-0.4, -0.2) is 36.9 Å². The molecule has 1 aliphatic heterocycles. The van der Waals surface area contributed by atoms with E-state index in [4.69, 9.17) is 10.2 Å². The fourth-order valence-corrected chi connectivity index (χ4v) is 3.71. The molecular formula is C20H25BrN4O2. The molecule has 1 aromatic heterocycles. The quantitative estimate of drug-likeness (QED) is 0.560. The van der Waals surface area contributed by atoms with Crippen molar-refractivity contribution in [3.05, 3.63) is 46.6 Å². The molecule has 27 heavy (non-hydrogen) atoms. The van der Waals surface area contributed by atoms with E-state index in [-0.39, 0.29) is 5.91 Å². The molecule has 0 radical (unpaired) electrons. The fourth-order valence-electron chi connectivity index (χ4n) is 3.45. The van der Waals surface area contributed by atoms with Crippen LogP contribution in [0.3, 0.4) is 0 Å². The van der Waals surface area contributed by atoms with Crippen LogP contribution in [-0.2, 0) is 11.3 Å². The Morgan fingerprint density at radius 3 is 2.81 bits per heavy atom. The number of aliphatic imine (C=N–C) groups is 1. The van der Waals surface area contributed by atoms with Crippen molar-refractivity contribution in [2.24, 2.45) is 16.6 Å². The third kappa shape index (κ3) is 5.35. The van der Waals surface area contributed by atoms with Crippen molar-refractivity contribution in [1.82, 2.24) is 10.2 Å². The first-order valence-electron chi connectivity index (χ1n) is 9.13. The number of halogens is 1. The van der Waals surface area contributed by atoms with E-state index in [0.29, 0.717) is 18.9 Å². The Labute approximate surface area is 168 Å². The first-order valence-corrected chi connectivity index (χ1v) is 9.93. The number of nitrogens with zero attached hydrogens (tertiary/aromatic N) is 2. The summed E-state index contributed by atoms with van der Waals surface area (Å²) in [4.78, 5) is 17.8. The van der Waals surface area contributed by atoms with Crippen LogP contribution in [0.25, 0.3) is 11.3 Å². The number of hydrogen-bond acceptors (Lipinski definition) is 3. The maximum atomic E-state index is 11.2. The fraction of sp³-hybridized carbons (Fsp3) is 0.400. The summed E-state index contributed by atoms with van der Waals surface area (Å²) in [5.41, 5.74) is 6.39. The molecule has 0 saturated carbocycles. The predicted octanol–water partition coefficient (Wildman–Crippen LogP) is 3.37. The number of amides is 1. The number of likely N-dealkylation sites (tertiary alicyclic amines) is 1. The molecule has 1 aromatic carbocycles. The van der Waals surface area contributed by atoms with Crippen molar-refractivity contribution in [2.45, 2.75) is 25.8 Å². The van der Waals surface area contributed by atoms with Crippen molar-refractivity contribution < 1.29 is 9.21 Å². The monoisotopic (exact) mass is 432 g/mol. The highest BCUT2D eigenvalue weighted by Gasteiger charge is 2.23. The topological polar surface area (TPSA) is 83.9 Å². The highest BCUT2D eigenvalue weighted by molar-refractivity contribution is 9.10. The third-order valence-corrected chi connectivity index (χ3v) is 5.26. The standard InChI is InChI=1S/C20H25BrN4O2/c1-23-20(25-10-2-3-14(13-25)11-19(22)26)24-12-17-8-9-18(27-17)15-4-6-16(21)7-5-15/h4-9,14H,2-3,10-13H2,1H3,(H2,22,26)(H,23,24). The minimum atomic E-state index is -0.235. The van der Waals surface area contributed by atoms with Crippen LogP contribution in [0.2, 0.25) is 0 Å². The van der Waals surface area contributed by atoms with Gasteiger partial charge in [-0.3, -0.25) is 9.79 Å². The van der Waals surface area contributed by atoms with Crippen LogP contribution < -0.4 is 11.1 Å². The lowest BCUT2D eigenvalue weighted by atomic mass is 9.95. The number of carbonyl (C=O) groups is 1. The number of nitrogens with one attached hydrogen (secondary N) is 1. The zero-order valence-corrected chi connectivity index (χ0v) is 17.0. The Bertz CT molecular complexity index is 801. The third-order valence-electron chi connectivity index (χ3n) is 4.73. The molecule has 1 amide bonds.